The van der Waals surface area contributed by atoms with Gasteiger partial charge in [0.1, 0.15) is 12.7 Å². The third-order valence-electron chi connectivity index (χ3n) is 5.21. The first-order chi connectivity index (χ1) is 15.2. The normalized spacial score (nSPS) is 16.9. The topological polar surface area (TPSA) is 77.7 Å². The Morgan fingerprint density at radius 3 is 2.74 bits per heavy atom. The van der Waals surface area contributed by atoms with Gasteiger partial charge in [0.25, 0.3) is 0 Å². The van der Waals surface area contributed by atoms with E-state index in [4.69, 9.17) is 13.9 Å². The van der Waals surface area contributed by atoms with Crippen molar-refractivity contribution in [2.24, 2.45) is 0 Å². The molecule has 0 aliphatic carbocycles. The number of hydrogen-bond acceptors (Lipinski definition) is 7. The van der Waals surface area contributed by atoms with Crippen LogP contribution in [0.4, 0.5) is 0 Å². The predicted molar refractivity (Wildman–Crippen MR) is 115 cm³/mol. The van der Waals surface area contributed by atoms with Crippen LogP contribution in [0, 0.1) is 6.92 Å². The number of morpholine rings is 1. The molecule has 0 amide bonds. The van der Waals surface area contributed by atoms with E-state index in [0.717, 1.165) is 30.8 Å². The summed E-state index contributed by atoms with van der Waals surface area (Å²) in [4.78, 5) is 14.5. The van der Waals surface area contributed by atoms with Crippen molar-refractivity contribution in [2.75, 3.05) is 26.3 Å². The van der Waals surface area contributed by atoms with Crippen LogP contribution in [-0.2, 0) is 27.2 Å². The Morgan fingerprint density at radius 1 is 1.13 bits per heavy atom. The van der Waals surface area contributed by atoms with Crippen LogP contribution in [-0.4, -0.2) is 53.5 Å². The van der Waals surface area contributed by atoms with E-state index in [1.807, 2.05) is 49.4 Å². The van der Waals surface area contributed by atoms with E-state index in [-0.39, 0.29) is 25.1 Å². The molecule has 2 aromatic carbocycles. The summed E-state index contributed by atoms with van der Waals surface area (Å²) in [5.41, 5.74) is 3.29. The Bertz CT molecular complexity index is 972. The Hall–Kier alpha value is -3.03. The first-order valence-corrected chi connectivity index (χ1v) is 10.6. The van der Waals surface area contributed by atoms with Gasteiger partial charge in [0.05, 0.1) is 13.0 Å². The van der Waals surface area contributed by atoms with Gasteiger partial charge in [-0.05, 0) is 24.6 Å². The van der Waals surface area contributed by atoms with E-state index in [1.165, 1.54) is 5.56 Å². The van der Waals surface area contributed by atoms with Gasteiger partial charge in [-0.3, -0.25) is 9.69 Å². The molecule has 0 N–H and O–H groups in total. The zero-order valence-electron chi connectivity index (χ0n) is 17.7. The highest BCUT2D eigenvalue weighted by Gasteiger charge is 2.22. The van der Waals surface area contributed by atoms with Crippen LogP contribution < -0.4 is 0 Å². The zero-order valence-corrected chi connectivity index (χ0v) is 17.7. The Kier molecular flexibility index (Phi) is 7.07. The molecule has 1 aliphatic heterocycles. The first-order valence-electron chi connectivity index (χ1n) is 10.6. The smallest absolute Gasteiger partial charge is 0.306 e. The number of esters is 1. The van der Waals surface area contributed by atoms with Gasteiger partial charge in [-0.1, -0.05) is 48.0 Å². The van der Waals surface area contributed by atoms with Crippen molar-refractivity contribution in [1.29, 1.82) is 0 Å². The third kappa shape index (κ3) is 6.23. The lowest BCUT2D eigenvalue weighted by Gasteiger charge is -2.32. The van der Waals surface area contributed by atoms with Gasteiger partial charge in [-0.25, -0.2) is 0 Å². The average Bonchev–Trinajstić information content (AvgIpc) is 3.27. The van der Waals surface area contributed by atoms with Gasteiger partial charge in [0.2, 0.25) is 11.8 Å². The fourth-order valence-corrected chi connectivity index (χ4v) is 3.50. The molecule has 1 saturated heterocycles. The summed E-state index contributed by atoms with van der Waals surface area (Å²) in [5.74, 6) is 0.590. The largest absolute Gasteiger partial charge is 0.463 e. The lowest BCUT2D eigenvalue weighted by Crippen LogP contribution is -2.44. The molecule has 3 aromatic rings. The molecule has 1 fully saturated rings. The molecule has 1 aromatic heterocycles. The summed E-state index contributed by atoms with van der Waals surface area (Å²) in [6.07, 6.45) is 0.428. The van der Waals surface area contributed by atoms with Crippen LogP contribution in [0.25, 0.3) is 11.5 Å². The lowest BCUT2D eigenvalue weighted by atomic mass is 10.1. The molecule has 0 bridgehead atoms. The molecule has 1 aliphatic rings. The second-order valence-corrected chi connectivity index (χ2v) is 7.76. The van der Waals surface area contributed by atoms with Crippen LogP contribution in [0.3, 0.4) is 0 Å². The van der Waals surface area contributed by atoms with E-state index in [2.05, 4.69) is 27.2 Å². The summed E-state index contributed by atoms with van der Waals surface area (Å²) in [6.45, 7) is 5.40. The van der Waals surface area contributed by atoms with Crippen molar-refractivity contribution < 1.29 is 18.7 Å². The first kappa shape index (κ1) is 21.2. The molecule has 0 radical (unpaired) electrons. The number of ether oxygens (including phenoxy) is 2. The van der Waals surface area contributed by atoms with Crippen molar-refractivity contribution in [3.05, 3.63) is 71.6 Å². The van der Waals surface area contributed by atoms with Gasteiger partial charge in [0.15, 0.2) is 0 Å². The van der Waals surface area contributed by atoms with Crippen molar-refractivity contribution in [2.45, 2.75) is 32.4 Å². The minimum atomic E-state index is -0.293. The average molecular weight is 421 g/mol. The molecular formula is C24H27N3O4. The summed E-state index contributed by atoms with van der Waals surface area (Å²) in [5, 5.41) is 8.09. The summed E-state index contributed by atoms with van der Waals surface area (Å²) in [7, 11) is 0. The summed E-state index contributed by atoms with van der Waals surface area (Å²) in [6, 6.07) is 18.2. The maximum atomic E-state index is 12.2. The van der Waals surface area contributed by atoms with Crippen molar-refractivity contribution in [3.63, 3.8) is 0 Å². The van der Waals surface area contributed by atoms with Crippen LogP contribution in [0.15, 0.2) is 59.0 Å². The molecule has 7 nitrogen and oxygen atoms in total. The van der Waals surface area contributed by atoms with E-state index in [9.17, 15) is 4.79 Å². The molecule has 2 heterocycles. The number of benzene rings is 2. The fourth-order valence-electron chi connectivity index (χ4n) is 3.50. The minimum absolute atomic E-state index is 0.113. The lowest BCUT2D eigenvalue weighted by molar-refractivity contribution is -0.150. The van der Waals surface area contributed by atoms with Gasteiger partial charge in [0, 0.05) is 31.6 Å². The fraction of sp³-hybridized carbons (Fsp3) is 0.375. The number of carbonyl (C=O) groups is 1. The zero-order chi connectivity index (χ0) is 21.5. The highest BCUT2D eigenvalue weighted by atomic mass is 16.6. The Morgan fingerprint density at radius 2 is 1.94 bits per heavy atom. The van der Waals surface area contributed by atoms with Crippen LogP contribution in [0.2, 0.25) is 0 Å². The number of aromatic nitrogens is 2. The summed E-state index contributed by atoms with van der Waals surface area (Å²) < 4.78 is 16.8. The predicted octanol–water partition coefficient (Wildman–Crippen LogP) is 3.42. The third-order valence-corrected chi connectivity index (χ3v) is 5.21. The molecule has 162 valence electrons. The molecule has 4 rings (SSSR count). The molecular weight excluding hydrogens is 394 g/mol. The number of aryl methyl sites for hydroxylation is 2. The van der Waals surface area contributed by atoms with Gasteiger partial charge in [-0.15, -0.1) is 10.2 Å². The number of hydrogen-bond donors (Lipinski definition) is 0. The molecule has 1 atom stereocenters. The SMILES string of the molecule is Cc1ccc(-c2nnc(CCC(=O)OCC3CN(Cc4ccccc4)CCO3)o2)cc1. The van der Waals surface area contributed by atoms with E-state index in [1.54, 1.807) is 0 Å². The highest BCUT2D eigenvalue weighted by molar-refractivity contribution is 5.69. The van der Waals surface area contributed by atoms with Crippen LogP contribution in [0.5, 0.6) is 0 Å². The quantitative estimate of drug-likeness (QED) is 0.516. The number of carbonyl (C=O) groups excluding carboxylic acids is 1. The van der Waals surface area contributed by atoms with Crippen LogP contribution >= 0.6 is 0 Å². The number of rotatable bonds is 8. The minimum Gasteiger partial charge on any atom is -0.463 e. The Balaban J connectivity index is 1.19. The maximum absolute atomic E-state index is 12.2. The second kappa shape index (κ2) is 10.3. The molecule has 1 unspecified atom stereocenters. The second-order valence-electron chi connectivity index (χ2n) is 7.76. The molecule has 7 heteroatoms. The van der Waals surface area contributed by atoms with E-state index in [0.29, 0.717) is 24.8 Å². The van der Waals surface area contributed by atoms with Crippen molar-refractivity contribution >= 4 is 5.97 Å². The Labute approximate surface area is 182 Å². The molecule has 0 saturated carbocycles. The van der Waals surface area contributed by atoms with E-state index >= 15 is 0 Å². The van der Waals surface area contributed by atoms with Gasteiger partial charge >= 0.3 is 5.97 Å². The maximum Gasteiger partial charge on any atom is 0.306 e. The monoisotopic (exact) mass is 421 g/mol. The highest BCUT2D eigenvalue weighted by Crippen LogP contribution is 2.19. The van der Waals surface area contributed by atoms with Crippen molar-refractivity contribution in [3.8, 4) is 11.5 Å². The van der Waals surface area contributed by atoms with E-state index < -0.39 is 0 Å². The summed E-state index contributed by atoms with van der Waals surface area (Å²) >= 11 is 0. The number of nitrogens with zero attached hydrogens (tertiary/aromatic N) is 3. The van der Waals surface area contributed by atoms with Crippen LogP contribution in [0.1, 0.15) is 23.4 Å². The standard InChI is InChI=1S/C24H27N3O4/c1-18-7-9-20(10-8-18)24-26-25-22(31-24)11-12-23(28)30-17-21-16-27(13-14-29-21)15-19-5-3-2-4-6-19/h2-10,21H,11-17H2,1H3. The molecule has 31 heavy (non-hydrogen) atoms. The molecule has 0 spiro atoms. The van der Waals surface area contributed by atoms with Gasteiger partial charge in [-0.2, -0.15) is 0 Å². The van der Waals surface area contributed by atoms with Gasteiger partial charge < -0.3 is 13.9 Å². The van der Waals surface area contributed by atoms with Crippen molar-refractivity contribution in [1.82, 2.24) is 15.1 Å².